The SMILES string of the molecule is CC(CN=C(N)NCCCN1CCOCC1)CN1CCCCC1.I. The van der Waals surface area contributed by atoms with Crippen LogP contribution in [0.3, 0.4) is 0 Å². The molecule has 24 heavy (non-hydrogen) atoms. The van der Waals surface area contributed by atoms with E-state index in [0.717, 1.165) is 58.9 Å². The third-order valence-electron chi connectivity index (χ3n) is 4.65. The highest BCUT2D eigenvalue weighted by atomic mass is 127. The van der Waals surface area contributed by atoms with Crippen molar-refractivity contribution in [1.29, 1.82) is 0 Å². The second kappa shape index (κ2) is 13.1. The Labute approximate surface area is 164 Å². The lowest BCUT2D eigenvalue weighted by atomic mass is 10.1. The van der Waals surface area contributed by atoms with Crippen LogP contribution in [-0.2, 0) is 4.74 Å². The lowest BCUT2D eigenvalue weighted by Gasteiger charge is -2.28. The maximum atomic E-state index is 5.97. The summed E-state index contributed by atoms with van der Waals surface area (Å²) in [6, 6.07) is 0. The quantitative estimate of drug-likeness (QED) is 0.252. The van der Waals surface area contributed by atoms with E-state index >= 15 is 0 Å². The third-order valence-corrected chi connectivity index (χ3v) is 4.65. The Kier molecular flexibility index (Phi) is 12.0. The molecule has 2 aliphatic heterocycles. The number of aliphatic imine (C=N–C) groups is 1. The van der Waals surface area contributed by atoms with Gasteiger partial charge in [-0.3, -0.25) is 9.89 Å². The third kappa shape index (κ3) is 9.39. The van der Waals surface area contributed by atoms with Gasteiger partial charge in [0.25, 0.3) is 0 Å². The molecule has 6 nitrogen and oxygen atoms in total. The normalized spacial score (nSPS) is 22.0. The fraction of sp³-hybridized carbons (Fsp3) is 0.941. The number of hydrogen-bond donors (Lipinski definition) is 2. The molecule has 1 atom stereocenters. The van der Waals surface area contributed by atoms with Gasteiger partial charge in [0.2, 0.25) is 0 Å². The van der Waals surface area contributed by atoms with E-state index in [1.165, 1.54) is 32.4 Å². The predicted octanol–water partition coefficient (Wildman–Crippen LogP) is 1.35. The molecular formula is C17H36IN5O. The molecule has 0 aromatic heterocycles. The summed E-state index contributed by atoms with van der Waals surface area (Å²) in [5.41, 5.74) is 5.97. The molecule has 2 rings (SSSR count). The smallest absolute Gasteiger partial charge is 0.188 e. The molecular weight excluding hydrogens is 417 g/mol. The standard InChI is InChI=1S/C17H35N5O.HI/c1-16(15-22-7-3-2-4-8-22)14-20-17(18)19-6-5-9-21-10-12-23-13-11-21;/h16H,2-15H2,1H3,(H3,18,19,20);1H. The minimum absolute atomic E-state index is 0. The maximum absolute atomic E-state index is 5.97. The summed E-state index contributed by atoms with van der Waals surface area (Å²) in [7, 11) is 0. The largest absolute Gasteiger partial charge is 0.379 e. The highest BCUT2D eigenvalue weighted by molar-refractivity contribution is 14.0. The average Bonchev–Trinajstić information content (AvgIpc) is 2.59. The Bertz CT molecular complexity index is 344. The van der Waals surface area contributed by atoms with E-state index in [4.69, 9.17) is 10.5 Å². The first-order chi connectivity index (χ1) is 11.2. The first-order valence-electron chi connectivity index (χ1n) is 9.30. The van der Waals surface area contributed by atoms with Gasteiger partial charge in [-0.15, -0.1) is 24.0 Å². The number of halogens is 1. The summed E-state index contributed by atoms with van der Waals surface area (Å²) in [5, 5.41) is 3.24. The van der Waals surface area contributed by atoms with Gasteiger partial charge in [0.1, 0.15) is 0 Å². The molecule has 0 bridgehead atoms. The zero-order valence-corrected chi connectivity index (χ0v) is 17.5. The number of ether oxygens (including phenoxy) is 1. The molecule has 0 amide bonds. The zero-order valence-electron chi connectivity index (χ0n) is 15.2. The van der Waals surface area contributed by atoms with Gasteiger partial charge in [0.05, 0.1) is 13.2 Å². The minimum atomic E-state index is 0. The molecule has 0 radical (unpaired) electrons. The van der Waals surface area contributed by atoms with Gasteiger partial charge in [-0.1, -0.05) is 13.3 Å². The van der Waals surface area contributed by atoms with Gasteiger partial charge >= 0.3 is 0 Å². The summed E-state index contributed by atoms with van der Waals surface area (Å²) in [5.74, 6) is 1.17. The summed E-state index contributed by atoms with van der Waals surface area (Å²) >= 11 is 0. The molecule has 0 aliphatic carbocycles. The summed E-state index contributed by atoms with van der Waals surface area (Å²) in [6.07, 6.45) is 5.19. The summed E-state index contributed by atoms with van der Waals surface area (Å²) in [6.45, 7) is 12.6. The molecule has 2 heterocycles. The minimum Gasteiger partial charge on any atom is -0.379 e. The molecule has 0 saturated carbocycles. The van der Waals surface area contributed by atoms with E-state index in [1.807, 2.05) is 0 Å². The van der Waals surface area contributed by atoms with Crippen molar-refractivity contribution in [2.45, 2.75) is 32.6 Å². The van der Waals surface area contributed by atoms with Gasteiger partial charge in [-0.25, -0.2) is 0 Å². The van der Waals surface area contributed by atoms with Crippen LogP contribution in [0, 0.1) is 5.92 Å². The molecule has 0 spiro atoms. The van der Waals surface area contributed by atoms with Crippen LogP contribution in [0.25, 0.3) is 0 Å². The Morgan fingerprint density at radius 3 is 2.54 bits per heavy atom. The van der Waals surface area contributed by atoms with Gasteiger partial charge in [-0.05, 0) is 44.8 Å². The van der Waals surface area contributed by atoms with Gasteiger partial charge in [-0.2, -0.15) is 0 Å². The number of likely N-dealkylation sites (tertiary alicyclic amines) is 1. The van der Waals surface area contributed by atoms with Crippen LogP contribution in [0.1, 0.15) is 32.6 Å². The van der Waals surface area contributed by atoms with Crippen molar-refractivity contribution < 1.29 is 4.74 Å². The highest BCUT2D eigenvalue weighted by Gasteiger charge is 2.13. The number of nitrogens with two attached hydrogens (primary N) is 1. The van der Waals surface area contributed by atoms with Crippen molar-refractivity contribution >= 4 is 29.9 Å². The Morgan fingerprint density at radius 1 is 1.12 bits per heavy atom. The lowest BCUT2D eigenvalue weighted by Crippen LogP contribution is -2.39. The van der Waals surface area contributed by atoms with Crippen LogP contribution < -0.4 is 11.1 Å². The number of hydrogen-bond acceptors (Lipinski definition) is 4. The number of nitrogens with one attached hydrogen (secondary N) is 1. The second-order valence-electron chi connectivity index (χ2n) is 6.93. The van der Waals surface area contributed by atoms with Crippen molar-refractivity contribution in [2.75, 3.05) is 65.6 Å². The Morgan fingerprint density at radius 2 is 1.83 bits per heavy atom. The maximum Gasteiger partial charge on any atom is 0.188 e. The average molecular weight is 453 g/mol. The fourth-order valence-corrected chi connectivity index (χ4v) is 3.29. The van der Waals surface area contributed by atoms with Gasteiger partial charge in [0.15, 0.2) is 5.96 Å². The van der Waals surface area contributed by atoms with Crippen molar-refractivity contribution in [2.24, 2.45) is 16.6 Å². The zero-order chi connectivity index (χ0) is 16.3. The molecule has 2 aliphatic rings. The molecule has 3 N–H and O–H groups in total. The molecule has 142 valence electrons. The molecule has 1 unspecified atom stereocenters. The van der Waals surface area contributed by atoms with Crippen molar-refractivity contribution in [1.82, 2.24) is 15.1 Å². The van der Waals surface area contributed by atoms with E-state index in [0.29, 0.717) is 11.9 Å². The number of morpholine rings is 1. The topological polar surface area (TPSA) is 66.1 Å². The highest BCUT2D eigenvalue weighted by Crippen LogP contribution is 2.10. The van der Waals surface area contributed by atoms with Crippen LogP contribution in [0.5, 0.6) is 0 Å². The van der Waals surface area contributed by atoms with Crippen molar-refractivity contribution in [3.63, 3.8) is 0 Å². The molecule has 7 heteroatoms. The van der Waals surface area contributed by atoms with E-state index in [2.05, 4.69) is 27.0 Å². The first-order valence-corrected chi connectivity index (χ1v) is 9.30. The predicted molar refractivity (Wildman–Crippen MR) is 111 cm³/mol. The van der Waals surface area contributed by atoms with Crippen LogP contribution >= 0.6 is 24.0 Å². The Hall–Kier alpha value is -0.120. The summed E-state index contributed by atoms with van der Waals surface area (Å²) < 4.78 is 5.35. The number of nitrogens with zero attached hydrogens (tertiary/aromatic N) is 3. The van der Waals surface area contributed by atoms with Crippen LogP contribution in [0.2, 0.25) is 0 Å². The second-order valence-corrected chi connectivity index (χ2v) is 6.93. The lowest BCUT2D eigenvalue weighted by molar-refractivity contribution is 0.0376. The van der Waals surface area contributed by atoms with Gasteiger partial charge in [0, 0.05) is 32.7 Å². The first kappa shape index (κ1) is 21.9. The van der Waals surface area contributed by atoms with E-state index < -0.39 is 0 Å². The van der Waals surface area contributed by atoms with E-state index in [1.54, 1.807) is 0 Å². The van der Waals surface area contributed by atoms with Crippen molar-refractivity contribution in [3.8, 4) is 0 Å². The molecule has 2 fully saturated rings. The number of guanidine groups is 1. The van der Waals surface area contributed by atoms with E-state index in [9.17, 15) is 0 Å². The Balaban J connectivity index is 0.00000288. The number of piperidine rings is 1. The van der Waals surface area contributed by atoms with Crippen LogP contribution in [0.4, 0.5) is 0 Å². The molecule has 2 saturated heterocycles. The fourth-order valence-electron chi connectivity index (χ4n) is 3.29. The van der Waals surface area contributed by atoms with Crippen molar-refractivity contribution in [3.05, 3.63) is 0 Å². The number of rotatable bonds is 8. The monoisotopic (exact) mass is 453 g/mol. The van der Waals surface area contributed by atoms with Crippen LogP contribution in [0.15, 0.2) is 4.99 Å². The molecule has 0 aromatic rings. The van der Waals surface area contributed by atoms with Crippen LogP contribution in [-0.4, -0.2) is 81.3 Å². The summed E-state index contributed by atoms with van der Waals surface area (Å²) in [4.78, 5) is 9.51. The van der Waals surface area contributed by atoms with Gasteiger partial charge < -0.3 is 20.7 Å². The molecule has 0 aromatic carbocycles. The van der Waals surface area contributed by atoms with E-state index in [-0.39, 0.29) is 24.0 Å².